The van der Waals surface area contributed by atoms with Crippen molar-refractivity contribution in [3.63, 3.8) is 0 Å². The lowest BCUT2D eigenvalue weighted by Crippen LogP contribution is -2.24. The largest absolute Gasteiger partial charge is 0.394 e. The number of carbonyl (C=O) groups is 1. The van der Waals surface area contributed by atoms with Gasteiger partial charge in [-0.05, 0) is 12.5 Å². The van der Waals surface area contributed by atoms with E-state index in [9.17, 15) is 19.8 Å². The second kappa shape index (κ2) is 6.58. The van der Waals surface area contributed by atoms with Crippen LogP contribution in [0.1, 0.15) is 32.1 Å². The summed E-state index contributed by atoms with van der Waals surface area (Å²) in [6, 6.07) is 0. The third kappa shape index (κ3) is 3.17. The van der Waals surface area contributed by atoms with Crippen LogP contribution >= 0.6 is 0 Å². The number of hydrogen-bond acceptors (Lipinski definition) is 6. The SMILES string of the molecule is Cc1cn([C@@H]2C[C@H](O)[C@@H](CO)O2)c2nc(NC(=O)C(C)C)[nH]c(=O)c12. The summed E-state index contributed by atoms with van der Waals surface area (Å²) in [5.41, 5.74) is 0.699. The van der Waals surface area contributed by atoms with E-state index in [1.165, 1.54) is 0 Å². The number of fused-ring (bicyclic) bond motifs is 1. The molecule has 0 unspecified atom stereocenters. The number of anilines is 1. The molecule has 136 valence electrons. The molecule has 3 rings (SSSR count). The first-order chi connectivity index (χ1) is 11.8. The Morgan fingerprint density at radius 3 is 2.88 bits per heavy atom. The zero-order valence-corrected chi connectivity index (χ0v) is 14.3. The molecule has 0 saturated carbocycles. The number of aromatic nitrogens is 3. The van der Waals surface area contributed by atoms with E-state index in [2.05, 4.69) is 15.3 Å². The van der Waals surface area contributed by atoms with Gasteiger partial charge in [0.15, 0.2) is 5.65 Å². The van der Waals surface area contributed by atoms with E-state index in [0.717, 1.165) is 0 Å². The number of aliphatic hydroxyl groups is 2. The van der Waals surface area contributed by atoms with Crippen LogP contribution in [0.3, 0.4) is 0 Å². The summed E-state index contributed by atoms with van der Waals surface area (Å²) in [6.45, 7) is 4.96. The van der Waals surface area contributed by atoms with E-state index in [1.807, 2.05) is 0 Å². The van der Waals surface area contributed by atoms with Crippen molar-refractivity contribution < 1.29 is 19.7 Å². The monoisotopic (exact) mass is 350 g/mol. The minimum atomic E-state index is -0.796. The number of aryl methyl sites for hydroxylation is 1. The summed E-state index contributed by atoms with van der Waals surface area (Å²) in [4.78, 5) is 31.2. The first-order valence-corrected chi connectivity index (χ1v) is 8.18. The van der Waals surface area contributed by atoms with E-state index < -0.39 is 18.4 Å². The number of rotatable bonds is 4. The van der Waals surface area contributed by atoms with Crippen LogP contribution in [0.5, 0.6) is 0 Å². The van der Waals surface area contributed by atoms with Gasteiger partial charge in [0.05, 0.1) is 18.1 Å². The highest BCUT2D eigenvalue weighted by Crippen LogP contribution is 2.32. The van der Waals surface area contributed by atoms with Crippen LogP contribution in [0.2, 0.25) is 0 Å². The zero-order valence-electron chi connectivity index (χ0n) is 14.3. The number of H-pyrrole nitrogens is 1. The Morgan fingerprint density at radius 2 is 2.28 bits per heavy atom. The number of amides is 1. The summed E-state index contributed by atoms with van der Waals surface area (Å²) < 4.78 is 7.31. The van der Waals surface area contributed by atoms with Crippen molar-refractivity contribution in [3.8, 4) is 0 Å². The number of hydrogen-bond donors (Lipinski definition) is 4. The lowest BCUT2D eigenvalue weighted by molar-refractivity contribution is -0.118. The van der Waals surface area contributed by atoms with Crippen molar-refractivity contribution >= 4 is 22.9 Å². The molecule has 1 saturated heterocycles. The van der Waals surface area contributed by atoms with Crippen molar-refractivity contribution in [3.05, 3.63) is 22.1 Å². The summed E-state index contributed by atoms with van der Waals surface area (Å²) in [6.07, 6.45) is -0.0274. The van der Waals surface area contributed by atoms with Crippen LogP contribution in [0, 0.1) is 12.8 Å². The Hall–Kier alpha value is -2.23. The topological polar surface area (TPSA) is 129 Å². The zero-order chi connectivity index (χ0) is 18.3. The molecule has 2 aromatic rings. The summed E-state index contributed by atoms with van der Waals surface area (Å²) >= 11 is 0. The Morgan fingerprint density at radius 1 is 1.56 bits per heavy atom. The minimum Gasteiger partial charge on any atom is -0.394 e. The normalized spacial score (nSPS) is 23.5. The van der Waals surface area contributed by atoms with Crippen LogP contribution in [-0.2, 0) is 9.53 Å². The third-order valence-electron chi connectivity index (χ3n) is 4.33. The molecular formula is C16H22N4O5. The second-order valence-corrected chi connectivity index (χ2v) is 6.59. The predicted octanol–water partition coefficient (Wildman–Crippen LogP) is 0.268. The van der Waals surface area contributed by atoms with Gasteiger partial charge >= 0.3 is 0 Å². The molecule has 9 heteroatoms. The van der Waals surface area contributed by atoms with E-state index in [4.69, 9.17) is 4.74 Å². The number of nitrogens with one attached hydrogen (secondary N) is 2. The Kier molecular flexibility index (Phi) is 4.63. The molecule has 0 bridgehead atoms. The Bertz CT molecular complexity index is 856. The molecule has 9 nitrogen and oxygen atoms in total. The molecule has 2 aromatic heterocycles. The first-order valence-electron chi connectivity index (χ1n) is 8.18. The van der Waals surface area contributed by atoms with Gasteiger partial charge in [0.2, 0.25) is 11.9 Å². The average molecular weight is 350 g/mol. The molecule has 4 N–H and O–H groups in total. The number of nitrogens with zero attached hydrogens (tertiary/aromatic N) is 2. The van der Waals surface area contributed by atoms with Crippen LogP contribution in [0.4, 0.5) is 5.95 Å². The lowest BCUT2D eigenvalue weighted by atomic mass is 10.2. The fourth-order valence-electron chi connectivity index (χ4n) is 2.93. The summed E-state index contributed by atoms with van der Waals surface area (Å²) in [5.74, 6) is -0.453. The van der Waals surface area contributed by atoms with E-state index in [-0.39, 0.29) is 36.4 Å². The van der Waals surface area contributed by atoms with Crippen LogP contribution < -0.4 is 10.9 Å². The lowest BCUT2D eigenvalue weighted by Gasteiger charge is -2.14. The van der Waals surface area contributed by atoms with Gasteiger partial charge in [0.25, 0.3) is 5.56 Å². The Balaban J connectivity index is 2.04. The molecular weight excluding hydrogens is 328 g/mol. The number of aromatic amines is 1. The molecule has 0 spiro atoms. The van der Waals surface area contributed by atoms with Gasteiger partial charge in [-0.15, -0.1) is 0 Å². The first kappa shape index (κ1) is 17.6. The smallest absolute Gasteiger partial charge is 0.262 e. The van der Waals surface area contributed by atoms with Gasteiger partial charge < -0.3 is 19.5 Å². The molecule has 25 heavy (non-hydrogen) atoms. The molecule has 1 fully saturated rings. The number of carbonyl (C=O) groups excluding carboxylic acids is 1. The number of aliphatic hydroxyl groups excluding tert-OH is 2. The van der Waals surface area contributed by atoms with Gasteiger partial charge in [-0.1, -0.05) is 13.8 Å². The van der Waals surface area contributed by atoms with Crippen molar-refractivity contribution in [1.29, 1.82) is 0 Å². The molecule has 3 heterocycles. The maximum absolute atomic E-state index is 12.4. The van der Waals surface area contributed by atoms with Crippen molar-refractivity contribution in [2.45, 2.75) is 45.6 Å². The molecule has 1 aliphatic rings. The Labute approximate surface area is 143 Å². The average Bonchev–Trinajstić information content (AvgIpc) is 3.07. The van der Waals surface area contributed by atoms with E-state index >= 15 is 0 Å². The van der Waals surface area contributed by atoms with Crippen molar-refractivity contribution in [2.24, 2.45) is 5.92 Å². The molecule has 3 atom stereocenters. The highest BCUT2D eigenvalue weighted by atomic mass is 16.5. The number of ether oxygens (including phenoxy) is 1. The van der Waals surface area contributed by atoms with Crippen molar-refractivity contribution in [1.82, 2.24) is 14.5 Å². The van der Waals surface area contributed by atoms with Crippen LogP contribution in [0.15, 0.2) is 11.0 Å². The van der Waals surface area contributed by atoms with Gasteiger partial charge in [0.1, 0.15) is 12.3 Å². The highest BCUT2D eigenvalue weighted by molar-refractivity contribution is 5.91. The molecule has 1 aliphatic heterocycles. The van der Waals surface area contributed by atoms with Crippen molar-refractivity contribution in [2.75, 3.05) is 11.9 Å². The van der Waals surface area contributed by atoms with Crippen LogP contribution in [-0.4, -0.2) is 49.5 Å². The third-order valence-corrected chi connectivity index (χ3v) is 4.33. The maximum Gasteiger partial charge on any atom is 0.262 e. The van der Waals surface area contributed by atoms with Crippen LogP contribution in [0.25, 0.3) is 11.0 Å². The molecule has 0 radical (unpaired) electrons. The fourth-order valence-corrected chi connectivity index (χ4v) is 2.93. The van der Waals surface area contributed by atoms with Gasteiger partial charge in [0, 0.05) is 18.5 Å². The second-order valence-electron chi connectivity index (χ2n) is 6.59. The predicted molar refractivity (Wildman–Crippen MR) is 90.2 cm³/mol. The van der Waals surface area contributed by atoms with Gasteiger partial charge in [-0.3, -0.25) is 19.9 Å². The standard InChI is InChI=1S/C16H22N4O5/c1-7(2)14(23)18-16-17-13-12(15(24)19-16)8(3)5-20(13)11-4-9(22)10(6-21)25-11/h5,7,9-11,21-22H,4,6H2,1-3H3,(H2,17,18,19,23,24)/t9-,10+,11-/m0/s1. The van der Waals surface area contributed by atoms with E-state index in [0.29, 0.717) is 16.6 Å². The summed E-state index contributed by atoms with van der Waals surface area (Å²) in [5, 5.41) is 22.2. The molecule has 1 amide bonds. The maximum atomic E-state index is 12.4. The molecule has 0 aromatic carbocycles. The quantitative estimate of drug-likeness (QED) is 0.626. The highest BCUT2D eigenvalue weighted by Gasteiger charge is 2.35. The van der Waals surface area contributed by atoms with E-state index in [1.54, 1.807) is 31.5 Å². The summed E-state index contributed by atoms with van der Waals surface area (Å²) in [7, 11) is 0. The van der Waals surface area contributed by atoms with Gasteiger partial charge in [-0.2, -0.15) is 4.98 Å². The molecule has 0 aliphatic carbocycles. The minimum absolute atomic E-state index is 0.0628. The van der Waals surface area contributed by atoms with Gasteiger partial charge in [-0.25, -0.2) is 0 Å². The fraction of sp³-hybridized carbons (Fsp3) is 0.562.